The minimum Gasteiger partial charge on any atom is -0.406 e. The first-order valence-corrected chi connectivity index (χ1v) is 6.01. The highest BCUT2D eigenvalue weighted by atomic mass is 35.5. The second-order valence-electron chi connectivity index (χ2n) is 4.40. The highest BCUT2D eigenvalue weighted by Gasteiger charge is 2.29. The topological polar surface area (TPSA) is 12.5 Å². The highest BCUT2D eigenvalue weighted by molar-refractivity contribution is 7.01. The summed E-state index contributed by atoms with van der Waals surface area (Å²) in [7, 11) is 0. The number of rotatable bonds is 7. The van der Waals surface area contributed by atoms with Gasteiger partial charge >= 0.3 is 6.47 Å². The summed E-state index contributed by atoms with van der Waals surface area (Å²) in [6.07, 6.45) is 2.79. The third-order valence-corrected chi connectivity index (χ3v) is 2.60. The molecule has 0 aliphatic carbocycles. The van der Waals surface area contributed by atoms with E-state index in [1.54, 1.807) is 0 Å². The van der Waals surface area contributed by atoms with Gasteiger partial charge in [0.15, 0.2) is 0 Å². The van der Waals surface area contributed by atoms with Crippen LogP contribution in [0, 0.1) is 0 Å². The van der Waals surface area contributed by atoms with Crippen LogP contribution in [0.1, 0.15) is 41.0 Å². The predicted octanol–water partition coefficient (Wildman–Crippen LogP) is 3.31. The molecule has 88 valence electrons. The third kappa shape index (κ3) is 5.60. The monoisotopic (exact) mass is 231 g/mol. The number of halogens is 1. The molecule has 2 nitrogen and oxygen atoms in total. The van der Waals surface area contributed by atoms with Crippen LogP contribution in [0.2, 0.25) is 0 Å². The third-order valence-electron chi connectivity index (χ3n) is 2.27. The van der Waals surface area contributed by atoms with Crippen LogP contribution in [-0.4, -0.2) is 29.5 Å². The van der Waals surface area contributed by atoms with Crippen LogP contribution in [0.25, 0.3) is 0 Å². The molecule has 0 bridgehead atoms. The molecule has 0 amide bonds. The van der Waals surface area contributed by atoms with E-state index >= 15 is 0 Å². The van der Waals surface area contributed by atoms with E-state index in [4.69, 9.17) is 16.1 Å². The molecular weight excluding hydrogens is 208 g/mol. The van der Waals surface area contributed by atoms with Crippen LogP contribution >= 0.6 is 11.5 Å². The molecule has 4 heteroatoms. The number of hydrogen-bond donors (Lipinski definition) is 0. The lowest BCUT2D eigenvalue weighted by Crippen LogP contribution is -2.48. The van der Waals surface area contributed by atoms with Gasteiger partial charge in [0.2, 0.25) is 0 Å². The standard InChI is InChI=1S/C11H23BClNO/c1-7-8-11(6)15-12(13)14(9(2)3)10(4)5/h7,9-11H,1,8H2,2-6H3. The Bertz CT molecular complexity index is 179. The van der Waals surface area contributed by atoms with Crippen LogP contribution < -0.4 is 0 Å². The second-order valence-corrected chi connectivity index (χ2v) is 4.77. The van der Waals surface area contributed by atoms with Gasteiger partial charge in [0, 0.05) is 6.10 Å². The smallest absolute Gasteiger partial charge is 0.406 e. The Balaban J connectivity index is 4.25. The van der Waals surface area contributed by atoms with Crippen LogP contribution in [0.5, 0.6) is 0 Å². The zero-order valence-corrected chi connectivity index (χ0v) is 11.3. The summed E-state index contributed by atoms with van der Waals surface area (Å²) in [6.45, 7) is 13.8. The SMILES string of the molecule is C=CCC(C)OB(Cl)N(C(C)C)C(C)C. The molecule has 0 aromatic rings. The van der Waals surface area contributed by atoms with Crippen molar-refractivity contribution in [1.82, 2.24) is 4.81 Å². The highest BCUT2D eigenvalue weighted by Crippen LogP contribution is 2.14. The minimum absolute atomic E-state index is 0.116. The molecular formula is C11H23BClNO. The molecule has 15 heavy (non-hydrogen) atoms. The zero-order valence-electron chi connectivity index (χ0n) is 10.5. The Hall–Kier alpha value is 0.0149. The molecule has 0 aliphatic rings. The van der Waals surface area contributed by atoms with E-state index in [0.29, 0.717) is 12.1 Å². The van der Waals surface area contributed by atoms with Crippen molar-refractivity contribution in [3.05, 3.63) is 12.7 Å². The number of nitrogens with zero attached hydrogens (tertiary/aromatic N) is 1. The van der Waals surface area contributed by atoms with Gasteiger partial charge in [0.05, 0.1) is 0 Å². The molecule has 0 aromatic heterocycles. The summed E-state index contributed by atoms with van der Waals surface area (Å²) in [5.41, 5.74) is 0. The lowest BCUT2D eigenvalue weighted by Gasteiger charge is -2.33. The molecule has 0 rings (SSSR count). The first-order chi connectivity index (χ1) is 6.90. The van der Waals surface area contributed by atoms with E-state index in [0.717, 1.165) is 6.42 Å². The normalized spacial score (nSPS) is 13.7. The first-order valence-electron chi connectivity index (χ1n) is 5.58. The average Bonchev–Trinajstić information content (AvgIpc) is 2.01. The van der Waals surface area contributed by atoms with Gasteiger partial charge in [-0.3, -0.25) is 4.81 Å². The minimum atomic E-state index is -0.361. The Kier molecular flexibility index (Phi) is 7.32. The zero-order chi connectivity index (χ0) is 12.0. The van der Waals surface area contributed by atoms with Gasteiger partial charge in [0.25, 0.3) is 0 Å². The number of hydrogen-bond acceptors (Lipinski definition) is 2. The van der Waals surface area contributed by atoms with Gasteiger partial charge < -0.3 is 4.65 Å². The Morgan fingerprint density at radius 3 is 2.07 bits per heavy atom. The van der Waals surface area contributed by atoms with Crippen molar-refractivity contribution in [1.29, 1.82) is 0 Å². The largest absolute Gasteiger partial charge is 0.494 e. The molecule has 0 aliphatic heterocycles. The summed E-state index contributed by atoms with van der Waals surface area (Å²) in [4.78, 5) is 2.14. The van der Waals surface area contributed by atoms with E-state index in [9.17, 15) is 0 Å². The van der Waals surface area contributed by atoms with E-state index < -0.39 is 0 Å². The fourth-order valence-corrected chi connectivity index (χ4v) is 2.24. The lowest BCUT2D eigenvalue weighted by atomic mass is 10.0. The lowest BCUT2D eigenvalue weighted by molar-refractivity contribution is 0.175. The van der Waals surface area contributed by atoms with E-state index in [2.05, 4.69) is 39.1 Å². The molecule has 1 atom stereocenters. The fourth-order valence-electron chi connectivity index (χ4n) is 1.62. The van der Waals surface area contributed by atoms with Crippen LogP contribution in [0.15, 0.2) is 12.7 Å². The van der Waals surface area contributed by atoms with Gasteiger partial charge in [-0.25, -0.2) is 0 Å². The fraction of sp³-hybridized carbons (Fsp3) is 0.818. The maximum Gasteiger partial charge on any atom is 0.494 e. The average molecular weight is 232 g/mol. The molecule has 1 unspecified atom stereocenters. The second kappa shape index (κ2) is 7.31. The van der Waals surface area contributed by atoms with Crippen LogP contribution in [0.3, 0.4) is 0 Å². The molecule has 0 radical (unpaired) electrons. The quantitative estimate of drug-likeness (QED) is 0.492. The Morgan fingerprint density at radius 1 is 1.27 bits per heavy atom. The summed E-state index contributed by atoms with van der Waals surface area (Å²) >= 11 is 6.24. The van der Waals surface area contributed by atoms with Crippen molar-refractivity contribution in [3.63, 3.8) is 0 Å². The Morgan fingerprint density at radius 2 is 1.73 bits per heavy atom. The van der Waals surface area contributed by atoms with Gasteiger partial charge in [-0.15, -0.1) is 18.0 Å². The Labute approximate surface area is 99.7 Å². The molecule has 0 saturated carbocycles. The van der Waals surface area contributed by atoms with E-state index in [1.165, 1.54) is 0 Å². The van der Waals surface area contributed by atoms with E-state index in [1.807, 2.05) is 13.0 Å². The van der Waals surface area contributed by atoms with Gasteiger partial charge in [-0.2, -0.15) is 0 Å². The molecule has 0 saturated heterocycles. The summed E-state index contributed by atoms with van der Waals surface area (Å²) in [6, 6.07) is 0.756. The van der Waals surface area contributed by atoms with Crippen molar-refractivity contribution in [2.24, 2.45) is 0 Å². The maximum absolute atomic E-state index is 6.24. The van der Waals surface area contributed by atoms with E-state index in [-0.39, 0.29) is 12.6 Å². The van der Waals surface area contributed by atoms with Gasteiger partial charge in [0.1, 0.15) is 0 Å². The maximum atomic E-state index is 6.24. The van der Waals surface area contributed by atoms with Gasteiger partial charge in [-0.05, 0) is 25.4 Å². The molecule has 0 aromatic carbocycles. The summed E-state index contributed by atoms with van der Waals surface area (Å²) in [5, 5.41) is 0. The van der Waals surface area contributed by atoms with Crippen molar-refractivity contribution in [2.75, 3.05) is 0 Å². The van der Waals surface area contributed by atoms with Crippen LogP contribution in [0.4, 0.5) is 0 Å². The summed E-state index contributed by atoms with van der Waals surface area (Å²) in [5.74, 6) is 0. The van der Waals surface area contributed by atoms with Crippen molar-refractivity contribution in [2.45, 2.75) is 59.2 Å². The first kappa shape index (κ1) is 15.0. The van der Waals surface area contributed by atoms with Gasteiger partial charge in [-0.1, -0.05) is 33.8 Å². The molecule has 0 fully saturated rings. The van der Waals surface area contributed by atoms with Crippen molar-refractivity contribution >= 4 is 17.9 Å². The molecule has 0 spiro atoms. The predicted molar refractivity (Wildman–Crippen MR) is 69.1 cm³/mol. The summed E-state index contributed by atoms with van der Waals surface area (Å²) < 4.78 is 5.70. The van der Waals surface area contributed by atoms with Crippen LogP contribution in [-0.2, 0) is 4.65 Å². The van der Waals surface area contributed by atoms with Crippen molar-refractivity contribution < 1.29 is 4.65 Å². The molecule has 0 heterocycles. The van der Waals surface area contributed by atoms with Crippen molar-refractivity contribution in [3.8, 4) is 0 Å². The molecule has 0 N–H and O–H groups in total.